The van der Waals surface area contributed by atoms with E-state index in [1.807, 2.05) is 30.3 Å². The molecule has 0 aliphatic carbocycles. The fourth-order valence-corrected chi connectivity index (χ4v) is 7.02. The van der Waals surface area contributed by atoms with E-state index in [4.69, 9.17) is 8.83 Å². The van der Waals surface area contributed by atoms with Gasteiger partial charge in [-0.05, 0) is 59.7 Å². The Hall–Kier alpha value is -6.00. The molecule has 0 unspecified atom stereocenters. The fraction of sp³-hybridized carbons (Fsp3) is 0. The van der Waals surface area contributed by atoms with Crippen LogP contribution in [0.15, 0.2) is 154 Å². The fourth-order valence-electron chi connectivity index (χ4n) is 7.02. The topological polar surface area (TPSA) is 36.1 Å². The van der Waals surface area contributed by atoms with E-state index >= 15 is 0 Å². The van der Waals surface area contributed by atoms with E-state index in [1.54, 1.807) is 0 Å². The third-order valence-electron chi connectivity index (χ3n) is 8.93. The average Bonchev–Trinajstić information content (AvgIpc) is 3.81. The maximum atomic E-state index is 6.50. The van der Waals surface area contributed by atoms with Gasteiger partial charge in [0.15, 0.2) is 0 Å². The zero-order chi connectivity index (χ0) is 28.8. The molecule has 10 rings (SSSR count). The van der Waals surface area contributed by atoms with Crippen LogP contribution < -0.4 is 0 Å². The Bertz CT molecular complexity index is 2720. The Balaban J connectivity index is 1.22. The van der Waals surface area contributed by atoms with Crippen molar-refractivity contribution in [3.05, 3.63) is 146 Å². The zero-order valence-electron chi connectivity index (χ0n) is 23.6. The van der Waals surface area contributed by atoms with Gasteiger partial charge in [0.2, 0.25) is 11.4 Å². The monoisotopic (exact) mass is 564 g/mol. The summed E-state index contributed by atoms with van der Waals surface area (Å²) in [5, 5.41) is 6.93. The number of rotatable bonds is 3. The average molecular weight is 565 g/mol. The second-order valence-electron chi connectivity index (χ2n) is 11.4. The minimum absolute atomic E-state index is 0.865. The van der Waals surface area contributed by atoms with Crippen LogP contribution >= 0.6 is 0 Å². The molecule has 0 N–H and O–H groups in total. The first kappa shape index (κ1) is 23.6. The van der Waals surface area contributed by atoms with Crippen LogP contribution in [0.4, 0.5) is 0 Å². The molecule has 6 aromatic carbocycles. The van der Waals surface area contributed by atoms with E-state index in [0.717, 1.165) is 77.7 Å². The van der Waals surface area contributed by atoms with Crippen LogP contribution in [0.25, 0.3) is 88.4 Å². The van der Waals surface area contributed by atoms with Gasteiger partial charge in [0.05, 0.1) is 21.8 Å². The van der Waals surface area contributed by atoms with Gasteiger partial charge in [0.25, 0.3) is 0 Å². The van der Waals surface area contributed by atoms with Gasteiger partial charge in [-0.2, -0.15) is 0 Å². The summed E-state index contributed by atoms with van der Waals surface area (Å²) >= 11 is 0. The van der Waals surface area contributed by atoms with E-state index in [-0.39, 0.29) is 0 Å². The predicted octanol–water partition coefficient (Wildman–Crippen LogP) is 11.0. The van der Waals surface area contributed by atoms with Gasteiger partial charge in [-0.3, -0.25) is 9.13 Å². The van der Waals surface area contributed by atoms with Gasteiger partial charge >= 0.3 is 0 Å². The Kier molecular flexibility index (Phi) is 4.69. The first-order valence-electron chi connectivity index (χ1n) is 14.9. The van der Waals surface area contributed by atoms with Gasteiger partial charge in [0.1, 0.15) is 11.2 Å². The molecule has 0 aliphatic heterocycles. The highest BCUT2D eigenvalue weighted by Crippen LogP contribution is 2.42. The number of aromatic nitrogens is 2. The maximum absolute atomic E-state index is 6.50. The molecule has 44 heavy (non-hydrogen) atoms. The van der Waals surface area contributed by atoms with Gasteiger partial charge in [-0.15, -0.1) is 0 Å². The van der Waals surface area contributed by atoms with Crippen LogP contribution in [-0.2, 0) is 0 Å². The minimum Gasteiger partial charge on any atom is -0.439 e. The van der Waals surface area contributed by atoms with E-state index in [1.165, 1.54) is 10.8 Å². The molecule has 0 radical (unpaired) electrons. The number of hydrogen-bond acceptors (Lipinski definition) is 2. The number of benzene rings is 6. The lowest BCUT2D eigenvalue weighted by Gasteiger charge is -2.10. The summed E-state index contributed by atoms with van der Waals surface area (Å²) in [7, 11) is 0. The molecule has 4 nitrogen and oxygen atoms in total. The molecule has 0 saturated carbocycles. The number of hydrogen-bond donors (Lipinski definition) is 0. The van der Waals surface area contributed by atoms with E-state index in [0.29, 0.717) is 0 Å². The molecule has 0 atom stereocenters. The normalized spacial score (nSPS) is 12.1. The lowest BCUT2D eigenvalue weighted by Crippen LogP contribution is -1.94. The Morgan fingerprint density at radius 2 is 0.909 bits per heavy atom. The molecule has 4 heteroatoms. The van der Waals surface area contributed by atoms with Crippen molar-refractivity contribution in [2.75, 3.05) is 0 Å². The molecule has 0 bridgehead atoms. The highest BCUT2D eigenvalue weighted by atomic mass is 16.3. The maximum Gasteiger partial charge on any atom is 0.213 e. The highest BCUT2D eigenvalue weighted by molar-refractivity contribution is 6.21. The molecule has 0 saturated heterocycles. The smallest absolute Gasteiger partial charge is 0.213 e. The standard InChI is InChI=1S/C40H24N2O2/c1-2-12-27(13-3-1)41-34-24-26(21-22-30(34)38-32-17-6-9-20-36(32)43-39(38)41)25-11-10-14-28(23-25)42-33-18-7-4-15-29(33)37-31-16-5-8-19-35(31)44-40(37)42/h1-24H. The first-order valence-corrected chi connectivity index (χ1v) is 14.9. The second kappa shape index (κ2) is 8.76. The lowest BCUT2D eigenvalue weighted by molar-refractivity contribution is 0.645. The summed E-state index contributed by atoms with van der Waals surface area (Å²) in [6.45, 7) is 0. The summed E-state index contributed by atoms with van der Waals surface area (Å²) in [6, 6.07) is 51.1. The number of fused-ring (bicyclic) bond motifs is 10. The van der Waals surface area contributed by atoms with Crippen molar-refractivity contribution in [3.8, 4) is 22.5 Å². The van der Waals surface area contributed by atoms with Crippen molar-refractivity contribution < 1.29 is 8.83 Å². The van der Waals surface area contributed by atoms with E-state index in [2.05, 4.69) is 124 Å². The summed E-state index contributed by atoms with van der Waals surface area (Å²) in [4.78, 5) is 0. The molecule has 10 aromatic rings. The van der Waals surface area contributed by atoms with Crippen molar-refractivity contribution in [1.82, 2.24) is 9.13 Å². The molecule has 4 heterocycles. The predicted molar refractivity (Wildman–Crippen MR) is 180 cm³/mol. The summed E-state index contributed by atoms with van der Waals surface area (Å²) in [5.74, 6) is 0. The first-order chi connectivity index (χ1) is 21.8. The highest BCUT2D eigenvalue weighted by Gasteiger charge is 2.21. The van der Waals surface area contributed by atoms with E-state index in [9.17, 15) is 0 Å². The van der Waals surface area contributed by atoms with Crippen molar-refractivity contribution in [2.45, 2.75) is 0 Å². The molecule has 0 fully saturated rings. The van der Waals surface area contributed by atoms with Crippen LogP contribution in [-0.4, -0.2) is 9.13 Å². The van der Waals surface area contributed by atoms with Crippen LogP contribution in [0.2, 0.25) is 0 Å². The summed E-state index contributed by atoms with van der Waals surface area (Å²) < 4.78 is 17.5. The van der Waals surface area contributed by atoms with Gasteiger partial charge in [-0.1, -0.05) is 97.1 Å². The van der Waals surface area contributed by atoms with E-state index < -0.39 is 0 Å². The Morgan fingerprint density at radius 1 is 0.364 bits per heavy atom. The SMILES string of the molecule is c1ccc(-n2c3cc(-c4cccc(-n5c6ccccc6c6c7ccccc7oc65)c4)ccc3c3c4ccccc4oc32)cc1. The van der Waals surface area contributed by atoms with Crippen molar-refractivity contribution in [2.24, 2.45) is 0 Å². The largest absolute Gasteiger partial charge is 0.439 e. The Morgan fingerprint density at radius 3 is 1.64 bits per heavy atom. The molecule has 206 valence electrons. The molecular weight excluding hydrogens is 540 g/mol. The molecule has 4 aromatic heterocycles. The number of nitrogens with zero attached hydrogens (tertiary/aromatic N) is 2. The van der Waals surface area contributed by atoms with Crippen LogP contribution in [0.5, 0.6) is 0 Å². The van der Waals surface area contributed by atoms with Crippen molar-refractivity contribution in [1.29, 1.82) is 0 Å². The van der Waals surface area contributed by atoms with Crippen LogP contribution in [0.3, 0.4) is 0 Å². The number of furan rings is 2. The van der Waals surface area contributed by atoms with Gasteiger partial charge < -0.3 is 8.83 Å². The zero-order valence-corrected chi connectivity index (χ0v) is 23.6. The number of para-hydroxylation sites is 4. The summed E-state index contributed by atoms with van der Waals surface area (Å²) in [6.07, 6.45) is 0. The van der Waals surface area contributed by atoms with Crippen LogP contribution in [0, 0.1) is 0 Å². The second-order valence-corrected chi connectivity index (χ2v) is 11.4. The molecule has 0 aliphatic rings. The third-order valence-corrected chi connectivity index (χ3v) is 8.93. The third kappa shape index (κ3) is 3.17. The summed E-state index contributed by atoms with van der Waals surface area (Å²) in [5.41, 5.74) is 10.2. The minimum atomic E-state index is 0.865. The quantitative estimate of drug-likeness (QED) is 0.214. The molecular formula is C40H24N2O2. The lowest BCUT2D eigenvalue weighted by atomic mass is 10.0. The van der Waals surface area contributed by atoms with Crippen LogP contribution in [0.1, 0.15) is 0 Å². The van der Waals surface area contributed by atoms with Gasteiger partial charge in [-0.25, -0.2) is 0 Å². The van der Waals surface area contributed by atoms with Gasteiger partial charge in [0, 0.05) is 32.9 Å². The Labute approximate surface area is 251 Å². The molecule has 0 spiro atoms. The molecule has 0 amide bonds. The van der Waals surface area contributed by atoms with Crippen molar-refractivity contribution in [3.63, 3.8) is 0 Å². The van der Waals surface area contributed by atoms with Crippen molar-refractivity contribution >= 4 is 65.9 Å².